The molecule has 1 aromatic rings. The highest BCUT2D eigenvalue weighted by Crippen LogP contribution is 2.25. The van der Waals surface area contributed by atoms with Gasteiger partial charge >= 0.3 is 0 Å². The number of hydrogen-bond donors (Lipinski definition) is 1. The summed E-state index contributed by atoms with van der Waals surface area (Å²) in [6, 6.07) is 1.60. The molecular formula is C11H16F2N2O2S. The molecule has 7 heteroatoms. The highest BCUT2D eigenvalue weighted by molar-refractivity contribution is 7.89. The van der Waals surface area contributed by atoms with Crippen LogP contribution in [-0.4, -0.2) is 25.8 Å². The zero-order valence-electron chi connectivity index (χ0n) is 10.3. The van der Waals surface area contributed by atoms with Gasteiger partial charge in [-0.3, -0.25) is 0 Å². The molecule has 102 valence electrons. The maximum atomic E-state index is 13.6. The van der Waals surface area contributed by atoms with E-state index in [1.54, 1.807) is 13.8 Å². The SMILES string of the molecule is CCCN(CC)S(=O)(=O)c1c(F)cc(N)cc1F. The van der Waals surface area contributed by atoms with Crippen molar-refractivity contribution >= 4 is 15.7 Å². The van der Waals surface area contributed by atoms with Gasteiger partial charge in [-0.05, 0) is 18.6 Å². The van der Waals surface area contributed by atoms with E-state index in [0.29, 0.717) is 6.42 Å². The highest BCUT2D eigenvalue weighted by Gasteiger charge is 2.29. The van der Waals surface area contributed by atoms with Crippen LogP contribution in [-0.2, 0) is 10.0 Å². The van der Waals surface area contributed by atoms with Crippen molar-refractivity contribution in [3.63, 3.8) is 0 Å². The number of benzene rings is 1. The van der Waals surface area contributed by atoms with Gasteiger partial charge in [-0.2, -0.15) is 4.31 Å². The van der Waals surface area contributed by atoms with Crippen molar-refractivity contribution in [2.24, 2.45) is 0 Å². The second-order valence-corrected chi connectivity index (χ2v) is 5.69. The summed E-state index contributed by atoms with van der Waals surface area (Å²) >= 11 is 0. The van der Waals surface area contributed by atoms with Gasteiger partial charge in [0.2, 0.25) is 10.0 Å². The molecule has 0 spiro atoms. The molecule has 1 aromatic carbocycles. The predicted molar refractivity (Wildman–Crippen MR) is 65.5 cm³/mol. The maximum Gasteiger partial charge on any atom is 0.248 e. The molecule has 0 aliphatic rings. The lowest BCUT2D eigenvalue weighted by Gasteiger charge is -2.20. The minimum absolute atomic E-state index is 0.150. The second-order valence-electron chi connectivity index (χ2n) is 3.81. The first-order valence-corrected chi connectivity index (χ1v) is 7.03. The molecule has 0 saturated carbocycles. The third kappa shape index (κ3) is 2.78. The molecule has 18 heavy (non-hydrogen) atoms. The summed E-state index contributed by atoms with van der Waals surface area (Å²) in [5.74, 6) is -2.33. The summed E-state index contributed by atoms with van der Waals surface area (Å²) < 4.78 is 52.5. The lowest BCUT2D eigenvalue weighted by molar-refractivity contribution is 0.416. The highest BCUT2D eigenvalue weighted by atomic mass is 32.2. The van der Waals surface area contributed by atoms with E-state index in [2.05, 4.69) is 0 Å². The number of sulfonamides is 1. The van der Waals surface area contributed by atoms with Crippen LogP contribution in [0.25, 0.3) is 0 Å². The van der Waals surface area contributed by atoms with Crippen LogP contribution in [0.4, 0.5) is 14.5 Å². The van der Waals surface area contributed by atoms with E-state index in [1.165, 1.54) is 0 Å². The molecule has 0 bridgehead atoms. The molecule has 0 aliphatic heterocycles. The van der Waals surface area contributed by atoms with E-state index in [9.17, 15) is 17.2 Å². The minimum Gasteiger partial charge on any atom is -0.399 e. The smallest absolute Gasteiger partial charge is 0.248 e. The third-order valence-electron chi connectivity index (χ3n) is 2.44. The van der Waals surface area contributed by atoms with Gasteiger partial charge in [0.1, 0.15) is 11.6 Å². The van der Waals surface area contributed by atoms with E-state index in [0.717, 1.165) is 16.4 Å². The van der Waals surface area contributed by atoms with E-state index in [1.807, 2.05) is 0 Å². The van der Waals surface area contributed by atoms with Gasteiger partial charge in [-0.1, -0.05) is 13.8 Å². The summed E-state index contributed by atoms with van der Waals surface area (Å²) in [4.78, 5) is -0.938. The van der Waals surface area contributed by atoms with Crippen molar-refractivity contribution in [1.29, 1.82) is 0 Å². The Hall–Kier alpha value is -1.21. The zero-order chi connectivity index (χ0) is 13.9. The van der Waals surface area contributed by atoms with Crippen LogP contribution in [0, 0.1) is 11.6 Å². The van der Waals surface area contributed by atoms with E-state index >= 15 is 0 Å². The van der Waals surface area contributed by atoms with Crippen LogP contribution < -0.4 is 5.73 Å². The largest absolute Gasteiger partial charge is 0.399 e. The van der Waals surface area contributed by atoms with Gasteiger partial charge in [0.05, 0.1) is 0 Å². The monoisotopic (exact) mass is 278 g/mol. The lowest BCUT2D eigenvalue weighted by atomic mass is 10.3. The number of hydrogen-bond acceptors (Lipinski definition) is 3. The lowest BCUT2D eigenvalue weighted by Crippen LogP contribution is -2.32. The molecule has 0 radical (unpaired) electrons. The van der Waals surface area contributed by atoms with Crippen LogP contribution >= 0.6 is 0 Å². The molecule has 0 saturated heterocycles. The molecule has 0 amide bonds. The molecule has 0 unspecified atom stereocenters. The maximum absolute atomic E-state index is 13.6. The van der Waals surface area contributed by atoms with Crippen LogP contribution in [0.3, 0.4) is 0 Å². The topological polar surface area (TPSA) is 63.4 Å². The first-order chi connectivity index (χ1) is 8.34. The quantitative estimate of drug-likeness (QED) is 0.837. The Balaban J connectivity index is 3.36. The van der Waals surface area contributed by atoms with E-state index in [4.69, 9.17) is 5.73 Å². The van der Waals surface area contributed by atoms with Crippen molar-refractivity contribution in [3.8, 4) is 0 Å². The molecule has 4 nitrogen and oxygen atoms in total. The van der Waals surface area contributed by atoms with Gasteiger partial charge in [-0.15, -0.1) is 0 Å². The van der Waals surface area contributed by atoms with E-state index < -0.39 is 26.6 Å². The summed E-state index contributed by atoms with van der Waals surface area (Å²) in [6.45, 7) is 3.76. The van der Waals surface area contributed by atoms with Gasteiger partial charge < -0.3 is 5.73 Å². The number of nitrogens with zero attached hydrogens (tertiary/aromatic N) is 1. The Bertz CT molecular complexity index is 509. The molecule has 2 N–H and O–H groups in total. The van der Waals surface area contributed by atoms with Crippen LogP contribution in [0.2, 0.25) is 0 Å². The fourth-order valence-corrected chi connectivity index (χ4v) is 3.28. The number of nitrogen functional groups attached to an aromatic ring is 1. The summed E-state index contributed by atoms with van der Waals surface area (Å²) in [5, 5.41) is 0. The van der Waals surface area contributed by atoms with Crippen molar-refractivity contribution in [2.75, 3.05) is 18.8 Å². The minimum atomic E-state index is -4.16. The van der Waals surface area contributed by atoms with Crippen molar-refractivity contribution in [1.82, 2.24) is 4.31 Å². The Morgan fingerprint density at radius 1 is 1.22 bits per heavy atom. The Kier molecular flexibility index (Phi) is 4.64. The third-order valence-corrected chi connectivity index (χ3v) is 4.47. The number of nitrogens with two attached hydrogens (primary N) is 1. The number of rotatable bonds is 5. The molecule has 0 atom stereocenters. The summed E-state index contributed by atoms with van der Waals surface area (Å²) in [5.41, 5.74) is 5.10. The molecule has 1 rings (SSSR count). The van der Waals surface area contributed by atoms with Crippen molar-refractivity contribution in [2.45, 2.75) is 25.2 Å². The number of anilines is 1. The number of halogens is 2. The Morgan fingerprint density at radius 2 is 1.72 bits per heavy atom. The average Bonchev–Trinajstić information content (AvgIpc) is 2.23. The Labute approximate surface area is 105 Å². The normalized spacial score (nSPS) is 12.1. The second kappa shape index (κ2) is 5.62. The summed E-state index contributed by atoms with van der Waals surface area (Å²) in [7, 11) is -4.16. The van der Waals surface area contributed by atoms with Crippen molar-refractivity contribution < 1.29 is 17.2 Å². The first-order valence-electron chi connectivity index (χ1n) is 5.59. The molecule has 0 aromatic heterocycles. The standard InChI is InChI=1S/C11H16F2N2O2S/c1-3-5-15(4-2)18(16,17)11-9(12)6-8(14)7-10(11)13/h6-7H,3-5,14H2,1-2H3. The van der Waals surface area contributed by atoms with Crippen LogP contribution in [0.15, 0.2) is 17.0 Å². The first kappa shape index (κ1) is 14.8. The molecule has 0 fully saturated rings. The molecular weight excluding hydrogens is 262 g/mol. The van der Waals surface area contributed by atoms with Gasteiger partial charge in [0, 0.05) is 18.8 Å². The zero-order valence-corrected chi connectivity index (χ0v) is 11.1. The van der Waals surface area contributed by atoms with Crippen molar-refractivity contribution in [3.05, 3.63) is 23.8 Å². The van der Waals surface area contributed by atoms with E-state index in [-0.39, 0.29) is 18.8 Å². The molecule has 0 heterocycles. The average molecular weight is 278 g/mol. The van der Waals surface area contributed by atoms with Gasteiger partial charge in [-0.25, -0.2) is 17.2 Å². The van der Waals surface area contributed by atoms with Crippen LogP contribution in [0.1, 0.15) is 20.3 Å². The molecule has 0 aliphatic carbocycles. The fraction of sp³-hybridized carbons (Fsp3) is 0.455. The van der Waals surface area contributed by atoms with Gasteiger partial charge in [0.25, 0.3) is 0 Å². The Morgan fingerprint density at radius 3 is 2.11 bits per heavy atom. The van der Waals surface area contributed by atoms with Crippen LogP contribution in [0.5, 0.6) is 0 Å². The van der Waals surface area contributed by atoms with Gasteiger partial charge in [0.15, 0.2) is 4.90 Å². The predicted octanol–water partition coefficient (Wildman–Crippen LogP) is 1.97. The summed E-state index contributed by atoms with van der Waals surface area (Å²) in [6.07, 6.45) is 0.561. The fourth-order valence-electron chi connectivity index (χ4n) is 1.65.